The van der Waals surface area contributed by atoms with Gasteiger partial charge in [0, 0.05) is 0 Å². The summed E-state index contributed by atoms with van der Waals surface area (Å²) in [5.74, 6) is 0.244. The standard InChI is InChI=1S/C15H21ClF3N/c1-5-6-9(2)14(3,4)10-7-11(15(17,18)19)13(20)12(16)8-10/h7-9H,5-6,20H2,1-4H3. The molecule has 1 atom stereocenters. The van der Waals surface area contributed by atoms with Crippen LogP contribution in [0, 0.1) is 5.92 Å². The fourth-order valence-corrected chi connectivity index (χ4v) is 2.52. The van der Waals surface area contributed by atoms with Gasteiger partial charge in [0.25, 0.3) is 0 Å². The van der Waals surface area contributed by atoms with Crippen LogP contribution < -0.4 is 5.73 Å². The Hall–Kier alpha value is -0.900. The van der Waals surface area contributed by atoms with E-state index in [0.717, 1.165) is 18.9 Å². The van der Waals surface area contributed by atoms with Crippen molar-refractivity contribution in [3.63, 3.8) is 0 Å². The van der Waals surface area contributed by atoms with Crippen molar-refractivity contribution in [1.29, 1.82) is 0 Å². The third kappa shape index (κ3) is 3.40. The Morgan fingerprint density at radius 2 is 1.80 bits per heavy atom. The van der Waals surface area contributed by atoms with Crippen molar-refractivity contribution in [2.75, 3.05) is 5.73 Å². The molecule has 0 fully saturated rings. The second-order valence-corrected chi connectivity index (χ2v) is 6.24. The lowest BCUT2D eigenvalue weighted by Crippen LogP contribution is -2.27. The molecule has 0 heterocycles. The fourth-order valence-electron chi connectivity index (χ4n) is 2.30. The normalized spacial score (nSPS) is 14.4. The van der Waals surface area contributed by atoms with Crippen LogP contribution in [0.1, 0.15) is 51.7 Å². The van der Waals surface area contributed by atoms with Crippen LogP contribution in [0.4, 0.5) is 18.9 Å². The van der Waals surface area contributed by atoms with E-state index in [1.807, 2.05) is 20.8 Å². The average molecular weight is 308 g/mol. The predicted molar refractivity (Wildman–Crippen MR) is 78.0 cm³/mol. The van der Waals surface area contributed by atoms with E-state index in [4.69, 9.17) is 17.3 Å². The Morgan fingerprint density at radius 1 is 1.25 bits per heavy atom. The van der Waals surface area contributed by atoms with E-state index >= 15 is 0 Å². The van der Waals surface area contributed by atoms with Gasteiger partial charge in [0.05, 0.1) is 16.3 Å². The zero-order valence-corrected chi connectivity index (χ0v) is 13.0. The van der Waals surface area contributed by atoms with Crippen LogP contribution in [0.5, 0.6) is 0 Å². The molecule has 0 radical (unpaired) electrons. The molecule has 1 aromatic rings. The Kier molecular flexibility index (Phi) is 5.01. The molecule has 0 saturated heterocycles. The molecule has 2 N–H and O–H groups in total. The quantitative estimate of drug-likeness (QED) is 0.714. The first kappa shape index (κ1) is 17.2. The van der Waals surface area contributed by atoms with Crippen LogP contribution in [-0.4, -0.2) is 0 Å². The van der Waals surface area contributed by atoms with Gasteiger partial charge in [-0.3, -0.25) is 0 Å². The molecule has 0 spiro atoms. The van der Waals surface area contributed by atoms with Gasteiger partial charge < -0.3 is 5.73 Å². The lowest BCUT2D eigenvalue weighted by Gasteiger charge is -2.33. The number of benzene rings is 1. The first-order chi connectivity index (χ1) is 9.01. The zero-order chi connectivity index (χ0) is 15.7. The molecule has 0 saturated carbocycles. The van der Waals surface area contributed by atoms with Crippen molar-refractivity contribution in [2.45, 2.75) is 52.1 Å². The summed E-state index contributed by atoms with van der Waals surface area (Å²) in [6.07, 6.45) is -2.57. The van der Waals surface area contributed by atoms with E-state index in [1.165, 1.54) is 0 Å². The van der Waals surface area contributed by atoms with Gasteiger partial charge in [-0.05, 0) is 29.0 Å². The lowest BCUT2D eigenvalue weighted by molar-refractivity contribution is -0.137. The minimum absolute atomic E-state index is 0.0356. The van der Waals surface area contributed by atoms with Crippen LogP contribution in [-0.2, 0) is 11.6 Å². The second-order valence-electron chi connectivity index (χ2n) is 5.83. The highest BCUT2D eigenvalue weighted by Gasteiger charge is 2.37. The van der Waals surface area contributed by atoms with Crippen LogP contribution in [0.2, 0.25) is 5.02 Å². The molecule has 20 heavy (non-hydrogen) atoms. The summed E-state index contributed by atoms with van der Waals surface area (Å²) in [5.41, 5.74) is 4.39. The van der Waals surface area contributed by atoms with Crippen molar-refractivity contribution < 1.29 is 13.2 Å². The van der Waals surface area contributed by atoms with Crippen molar-refractivity contribution in [3.8, 4) is 0 Å². The number of hydrogen-bond donors (Lipinski definition) is 1. The van der Waals surface area contributed by atoms with Gasteiger partial charge in [0.1, 0.15) is 0 Å². The predicted octanol–water partition coefficient (Wildman–Crippen LogP) is 5.65. The highest BCUT2D eigenvalue weighted by Crippen LogP contribution is 2.42. The van der Waals surface area contributed by atoms with E-state index < -0.39 is 22.8 Å². The number of anilines is 1. The number of nitrogen functional groups attached to an aromatic ring is 1. The smallest absolute Gasteiger partial charge is 0.397 e. The van der Waals surface area contributed by atoms with Crippen LogP contribution in [0.25, 0.3) is 0 Å². The molecule has 5 heteroatoms. The van der Waals surface area contributed by atoms with Gasteiger partial charge in [-0.1, -0.05) is 52.1 Å². The highest BCUT2D eigenvalue weighted by molar-refractivity contribution is 6.33. The van der Waals surface area contributed by atoms with Crippen molar-refractivity contribution >= 4 is 17.3 Å². The summed E-state index contributed by atoms with van der Waals surface area (Å²) in [5, 5.41) is -0.0356. The Bertz CT molecular complexity index is 481. The topological polar surface area (TPSA) is 26.0 Å². The Balaban J connectivity index is 3.37. The van der Waals surface area contributed by atoms with Gasteiger partial charge in [-0.25, -0.2) is 0 Å². The van der Waals surface area contributed by atoms with E-state index in [1.54, 1.807) is 6.07 Å². The van der Waals surface area contributed by atoms with Crippen LogP contribution >= 0.6 is 11.6 Å². The zero-order valence-electron chi connectivity index (χ0n) is 12.2. The van der Waals surface area contributed by atoms with Crippen molar-refractivity contribution in [3.05, 3.63) is 28.3 Å². The first-order valence-electron chi connectivity index (χ1n) is 6.68. The first-order valence-corrected chi connectivity index (χ1v) is 7.06. The van der Waals surface area contributed by atoms with Crippen LogP contribution in [0.3, 0.4) is 0 Å². The van der Waals surface area contributed by atoms with Gasteiger partial charge in [0.15, 0.2) is 0 Å². The summed E-state index contributed by atoms with van der Waals surface area (Å²) >= 11 is 5.89. The average Bonchev–Trinajstić information content (AvgIpc) is 2.30. The van der Waals surface area contributed by atoms with Gasteiger partial charge in [-0.15, -0.1) is 0 Å². The summed E-state index contributed by atoms with van der Waals surface area (Å²) in [6, 6.07) is 2.69. The third-order valence-electron chi connectivity index (χ3n) is 4.13. The molecule has 0 aliphatic heterocycles. The minimum Gasteiger partial charge on any atom is -0.397 e. The molecule has 0 aromatic heterocycles. The Morgan fingerprint density at radius 3 is 2.25 bits per heavy atom. The van der Waals surface area contributed by atoms with E-state index in [-0.39, 0.29) is 10.9 Å². The molecule has 0 aliphatic carbocycles. The monoisotopic (exact) mass is 307 g/mol. The molecular formula is C15H21ClF3N. The van der Waals surface area contributed by atoms with E-state index in [9.17, 15) is 13.2 Å². The maximum atomic E-state index is 13.0. The SMILES string of the molecule is CCCC(C)C(C)(C)c1cc(Cl)c(N)c(C(F)(F)F)c1. The maximum Gasteiger partial charge on any atom is 0.418 e. The van der Waals surface area contributed by atoms with Gasteiger partial charge >= 0.3 is 6.18 Å². The molecular weight excluding hydrogens is 287 g/mol. The molecule has 1 aromatic carbocycles. The fraction of sp³-hybridized carbons (Fsp3) is 0.600. The summed E-state index contributed by atoms with van der Waals surface area (Å²) in [6.45, 7) is 7.98. The number of nitrogens with two attached hydrogens (primary N) is 1. The minimum atomic E-state index is -4.49. The highest BCUT2D eigenvalue weighted by atomic mass is 35.5. The summed E-state index contributed by atoms with van der Waals surface area (Å²) in [4.78, 5) is 0. The summed E-state index contributed by atoms with van der Waals surface area (Å²) in [7, 11) is 0. The molecule has 0 bridgehead atoms. The van der Waals surface area contributed by atoms with Gasteiger partial charge in [-0.2, -0.15) is 13.2 Å². The second kappa shape index (κ2) is 5.84. The largest absolute Gasteiger partial charge is 0.418 e. The van der Waals surface area contributed by atoms with Gasteiger partial charge in [0.2, 0.25) is 0 Å². The number of halogens is 4. The molecule has 0 amide bonds. The summed E-state index contributed by atoms with van der Waals surface area (Å²) < 4.78 is 39.0. The van der Waals surface area contributed by atoms with E-state index in [2.05, 4.69) is 6.92 Å². The molecule has 1 unspecified atom stereocenters. The van der Waals surface area contributed by atoms with Crippen molar-refractivity contribution in [1.82, 2.24) is 0 Å². The molecule has 1 nitrogen and oxygen atoms in total. The number of rotatable bonds is 4. The maximum absolute atomic E-state index is 13.0. The molecule has 1 rings (SSSR count). The van der Waals surface area contributed by atoms with Crippen molar-refractivity contribution in [2.24, 2.45) is 5.92 Å². The third-order valence-corrected chi connectivity index (χ3v) is 4.45. The molecule has 114 valence electrons. The number of alkyl halides is 3. The molecule has 0 aliphatic rings. The lowest BCUT2D eigenvalue weighted by atomic mass is 9.72. The number of hydrogen-bond acceptors (Lipinski definition) is 1. The van der Waals surface area contributed by atoms with Crippen LogP contribution in [0.15, 0.2) is 12.1 Å². The Labute approximate surface area is 123 Å². The van der Waals surface area contributed by atoms with E-state index in [0.29, 0.717) is 5.56 Å².